The highest BCUT2D eigenvalue weighted by Crippen LogP contribution is 2.42. The maximum Gasteiger partial charge on any atom is 0.341 e. The van der Waals surface area contributed by atoms with E-state index in [1.165, 1.54) is 19.2 Å². The Labute approximate surface area is 195 Å². The summed E-state index contributed by atoms with van der Waals surface area (Å²) in [6, 6.07) is -0.0578. The number of aromatic carboxylic acids is 1. The van der Waals surface area contributed by atoms with Crippen LogP contribution in [0.1, 0.15) is 51.7 Å². The molecule has 2 aromatic rings. The number of rotatable bonds is 7. The molecule has 1 N–H and O–H groups in total. The second kappa shape index (κ2) is 9.85. The topological polar surface area (TPSA) is 77.8 Å². The molecule has 0 radical (unpaired) electrons. The van der Waals surface area contributed by atoms with Crippen LogP contribution >= 0.6 is 25.1 Å². The first kappa shape index (κ1) is 15.7. The summed E-state index contributed by atoms with van der Waals surface area (Å²) >= 11 is 6.31. The number of halogens is 2. The average Bonchev–Trinajstić information content (AvgIpc) is 2.71. The molecular weight excluding hydrogens is 433 g/mol. The van der Waals surface area contributed by atoms with Crippen molar-refractivity contribution in [2.24, 2.45) is 5.92 Å². The van der Waals surface area contributed by atoms with E-state index in [-0.39, 0.29) is 42.0 Å². The second-order valence-corrected chi connectivity index (χ2v) is 6.85. The Hall–Kier alpha value is -2.03. The van der Waals surface area contributed by atoms with Gasteiger partial charge in [0.1, 0.15) is 11.3 Å². The third-order valence-corrected chi connectivity index (χ3v) is 4.85. The number of carboxylic acid groups (broad SMARTS) is 1. The number of fused-ring (bicyclic) bond motifs is 3. The minimum Gasteiger partial charge on any atom is -0.492 e. The van der Waals surface area contributed by atoms with Crippen molar-refractivity contribution >= 4 is 31.1 Å². The number of benzene rings is 1. The van der Waals surface area contributed by atoms with Crippen LogP contribution in [0.4, 0.5) is 4.39 Å². The van der Waals surface area contributed by atoms with E-state index in [9.17, 15) is 14.7 Å². The highest BCUT2D eigenvalue weighted by atomic mass is 35.5. The largest absolute Gasteiger partial charge is 0.492 e. The van der Waals surface area contributed by atoms with Gasteiger partial charge in [-0.3, -0.25) is 4.79 Å². The molecule has 0 amide bonds. The maximum absolute atomic E-state index is 15.5. The third-order valence-electron chi connectivity index (χ3n) is 4.56. The van der Waals surface area contributed by atoms with Gasteiger partial charge in [-0.1, -0.05) is 25.3 Å². The smallest absolute Gasteiger partial charge is 0.341 e. The van der Waals surface area contributed by atoms with Gasteiger partial charge in [0.05, 0.1) is 18.7 Å². The number of hydrogen-bond donors (Lipinski definition) is 1. The molecule has 0 unspecified atom stereocenters. The minimum absolute atomic E-state index is 0. The quantitative estimate of drug-likeness (QED) is 0.618. The third kappa shape index (κ3) is 4.50. The fourth-order valence-corrected chi connectivity index (χ4v) is 3.41. The van der Waals surface area contributed by atoms with Crippen LogP contribution in [0.5, 0.6) is 5.75 Å². The van der Waals surface area contributed by atoms with Gasteiger partial charge >= 0.3 is 5.97 Å². The zero-order valence-corrected chi connectivity index (χ0v) is 17.7. The van der Waals surface area contributed by atoms with Gasteiger partial charge in [-0.25, -0.2) is 9.18 Å². The summed E-state index contributed by atoms with van der Waals surface area (Å²) in [5.41, 5.74) is -3.12. The predicted octanol–water partition coefficient (Wildman–Crippen LogP) is 4.29. The Kier molecular flexibility index (Phi) is 5.16. The van der Waals surface area contributed by atoms with Gasteiger partial charge < -0.3 is 19.1 Å². The molecule has 0 fully saturated rings. The molecule has 164 valence electrons. The highest BCUT2D eigenvalue weighted by Gasteiger charge is 2.32. The van der Waals surface area contributed by atoms with Gasteiger partial charge in [-0.05, 0) is 30.0 Å². The van der Waals surface area contributed by atoms with Gasteiger partial charge in [0.25, 0.3) is 0 Å². The second-order valence-electron chi connectivity index (χ2n) is 6.45. The van der Waals surface area contributed by atoms with Crippen LogP contribution in [-0.2, 0) is 11.2 Å². The molecule has 2 heterocycles. The van der Waals surface area contributed by atoms with Crippen molar-refractivity contribution in [2.45, 2.75) is 32.6 Å². The summed E-state index contributed by atoms with van der Waals surface area (Å²) in [7, 11) is 1.51. The van der Waals surface area contributed by atoms with Gasteiger partial charge in [0.15, 0.2) is 5.82 Å². The molecule has 0 bridgehead atoms. The number of ether oxygens (including phenoxy) is 2. The van der Waals surface area contributed by atoms with Crippen molar-refractivity contribution in [3.8, 4) is 17.0 Å². The van der Waals surface area contributed by atoms with Gasteiger partial charge in [0, 0.05) is 46.1 Å². The van der Waals surface area contributed by atoms with Gasteiger partial charge in [-0.2, -0.15) is 13.5 Å². The lowest BCUT2D eigenvalue weighted by atomic mass is 9.87. The van der Waals surface area contributed by atoms with Crippen LogP contribution in [0.3, 0.4) is 0 Å². The van der Waals surface area contributed by atoms with Crippen LogP contribution in [0, 0.1) is 11.7 Å². The summed E-state index contributed by atoms with van der Waals surface area (Å²) < 4.78 is 83.1. The number of carboxylic acids is 1. The van der Waals surface area contributed by atoms with Crippen LogP contribution in [0.2, 0.25) is 5.02 Å². The monoisotopic (exact) mass is 464 g/mol. The van der Waals surface area contributed by atoms with E-state index in [1.54, 1.807) is 0 Å². The van der Waals surface area contributed by atoms with E-state index in [4.69, 9.17) is 30.7 Å². The zero-order valence-electron chi connectivity index (χ0n) is 22.9. The summed E-state index contributed by atoms with van der Waals surface area (Å²) in [5, 5.41) is 9.41. The summed E-state index contributed by atoms with van der Waals surface area (Å²) in [6.45, 7) is -5.91. The lowest BCUT2D eigenvalue weighted by Crippen LogP contribution is -2.30. The highest BCUT2D eigenvalue weighted by molar-refractivity contribution is 7.59. The van der Waals surface area contributed by atoms with Crippen LogP contribution in [-0.4, -0.2) is 36.0 Å². The number of methoxy groups -OCH3 is 1. The summed E-state index contributed by atoms with van der Waals surface area (Å²) in [6.07, 6.45) is 0.535. The molecule has 1 atom stereocenters. The Morgan fingerprint density at radius 2 is 2.20 bits per heavy atom. The summed E-state index contributed by atoms with van der Waals surface area (Å²) in [4.78, 5) is 24.1. The first-order valence-corrected chi connectivity index (χ1v) is 9.05. The van der Waals surface area contributed by atoms with Crippen molar-refractivity contribution < 1.29 is 33.4 Å². The Balaban J connectivity index is 0.00000481. The molecule has 30 heavy (non-hydrogen) atoms. The average molecular weight is 465 g/mol. The molecule has 3 rings (SSSR count). The fraction of sp³-hybridized carbons (Fsp3) is 0.429. The maximum atomic E-state index is 15.5. The van der Waals surface area contributed by atoms with Crippen LogP contribution in [0.15, 0.2) is 23.1 Å². The molecule has 1 aromatic carbocycles. The van der Waals surface area contributed by atoms with E-state index in [0.717, 1.165) is 0 Å². The van der Waals surface area contributed by atoms with Gasteiger partial charge in [0.2, 0.25) is 5.43 Å². The number of hydrogen-bond acceptors (Lipinski definition) is 4. The molecule has 1 aromatic heterocycles. The Morgan fingerprint density at radius 1 is 1.47 bits per heavy atom. The molecule has 0 saturated carbocycles. The first-order chi connectivity index (χ1) is 16.5. The van der Waals surface area contributed by atoms with E-state index in [0.29, 0.717) is 23.8 Å². The number of nitrogens with zero attached hydrogens (tertiary/aromatic N) is 1. The van der Waals surface area contributed by atoms with Gasteiger partial charge in [-0.15, -0.1) is 0 Å². The molecule has 1 aliphatic rings. The molecule has 6 nitrogen and oxygen atoms in total. The summed E-state index contributed by atoms with van der Waals surface area (Å²) in [5.74, 6) is -5.66. The van der Waals surface area contributed by atoms with Crippen LogP contribution < -0.4 is 10.2 Å². The van der Waals surface area contributed by atoms with Crippen LogP contribution in [0.25, 0.3) is 11.3 Å². The molecule has 0 saturated heterocycles. The first-order valence-electron chi connectivity index (χ1n) is 12.2. The van der Waals surface area contributed by atoms with E-state index in [1.807, 2.05) is 0 Å². The minimum atomic E-state index is -3.24. The van der Waals surface area contributed by atoms with E-state index < -0.39 is 60.5 Å². The lowest BCUT2D eigenvalue weighted by Gasteiger charge is -2.34. The van der Waals surface area contributed by atoms with Crippen molar-refractivity contribution in [2.75, 3.05) is 20.3 Å². The van der Waals surface area contributed by atoms with E-state index in [2.05, 4.69) is 0 Å². The predicted molar refractivity (Wildman–Crippen MR) is 118 cm³/mol. The fourth-order valence-electron chi connectivity index (χ4n) is 3.19. The molecular formula is C21H25ClFNO5S. The zero-order chi connectivity index (χ0) is 27.2. The van der Waals surface area contributed by atoms with Crippen molar-refractivity contribution in [1.82, 2.24) is 4.57 Å². The molecule has 0 aliphatic carbocycles. The molecule has 9 heteroatoms. The van der Waals surface area contributed by atoms with Crippen molar-refractivity contribution in [1.29, 1.82) is 0 Å². The van der Waals surface area contributed by atoms with Crippen molar-refractivity contribution in [3.05, 3.63) is 50.5 Å². The Morgan fingerprint density at radius 3 is 2.83 bits per heavy atom. The number of carbonyl (C=O) groups is 1. The molecule has 1 aliphatic heterocycles. The number of pyridine rings is 1. The van der Waals surface area contributed by atoms with Crippen molar-refractivity contribution in [3.63, 3.8) is 0 Å². The lowest BCUT2D eigenvalue weighted by molar-refractivity contribution is 0.0693. The SMILES string of the molecule is S.[2H]C([2H])([2H])C(C([2H])([2H])[2H])[C@]1([2H])Cc2cc(OCCCOC)c(Cl)cc2-c2c(F)c(=O)c(C(=O)O)cn21. The number of aromatic nitrogens is 1. The molecule has 0 spiro atoms. The Bertz CT molecular complexity index is 1240. The van der Waals surface area contributed by atoms with E-state index >= 15 is 4.39 Å². The standard InChI is InChI=1S/C21H23ClFNO5.H2S/c1-11(2)16-7-12-8-17(29-6-4-5-28-3)15(22)9-13(12)19-18(23)20(25)14(21(26)27)10-24(16)19;/h8-11,16H,4-7H2,1-3H3,(H,26,27);1H2/t16-;/m0./s1/i1D3,2D3,16D;. The normalized spacial score (nSPS) is 21.4.